The summed E-state index contributed by atoms with van der Waals surface area (Å²) in [7, 11) is 0. The van der Waals surface area contributed by atoms with Crippen molar-refractivity contribution in [2.45, 2.75) is 37.2 Å². The van der Waals surface area contributed by atoms with Crippen molar-refractivity contribution in [3.8, 4) is 17.1 Å². The molecular formula is C22H22N6OS2. The molecule has 0 bridgehead atoms. The third-order valence-electron chi connectivity index (χ3n) is 4.69. The summed E-state index contributed by atoms with van der Waals surface area (Å²) in [4.78, 5) is 20.9. The summed E-state index contributed by atoms with van der Waals surface area (Å²) in [6, 6.07) is 14.0. The second-order valence-electron chi connectivity index (χ2n) is 6.91. The highest BCUT2D eigenvalue weighted by Crippen LogP contribution is 2.30. The lowest BCUT2D eigenvalue weighted by Gasteiger charge is -2.10. The van der Waals surface area contributed by atoms with Crippen molar-refractivity contribution >= 4 is 29.0 Å². The molecule has 1 aromatic carbocycles. The van der Waals surface area contributed by atoms with E-state index in [0.29, 0.717) is 11.4 Å². The SMILES string of the molecule is CCC(C)NC(=O)c1csc(CSc2nnc(-c3ccncc3)n2-c2ccccc2)n1. The number of thioether (sulfide) groups is 1. The minimum atomic E-state index is -0.130. The molecule has 0 aliphatic carbocycles. The fourth-order valence-corrected chi connectivity index (χ4v) is 4.61. The molecule has 0 aliphatic rings. The van der Waals surface area contributed by atoms with E-state index in [9.17, 15) is 4.79 Å². The second-order valence-corrected chi connectivity index (χ2v) is 8.80. The van der Waals surface area contributed by atoms with Gasteiger partial charge in [-0.2, -0.15) is 0 Å². The van der Waals surface area contributed by atoms with Crippen molar-refractivity contribution < 1.29 is 4.79 Å². The van der Waals surface area contributed by atoms with E-state index in [1.807, 2.05) is 60.9 Å². The summed E-state index contributed by atoms with van der Waals surface area (Å²) in [5.74, 6) is 1.22. The van der Waals surface area contributed by atoms with Crippen molar-refractivity contribution in [2.75, 3.05) is 0 Å². The number of hydrogen-bond donors (Lipinski definition) is 1. The van der Waals surface area contributed by atoms with E-state index in [-0.39, 0.29) is 11.9 Å². The van der Waals surface area contributed by atoms with Gasteiger partial charge in [0.2, 0.25) is 0 Å². The Morgan fingerprint density at radius 1 is 1.16 bits per heavy atom. The minimum Gasteiger partial charge on any atom is -0.348 e. The number of amides is 1. The summed E-state index contributed by atoms with van der Waals surface area (Å²) in [5.41, 5.74) is 2.38. The zero-order valence-corrected chi connectivity index (χ0v) is 18.9. The number of aromatic nitrogens is 5. The molecule has 0 spiro atoms. The average Bonchev–Trinajstić information content (AvgIpc) is 3.46. The number of thiazole rings is 1. The molecule has 0 saturated heterocycles. The number of nitrogens with one attached hydrogen (secondary N) is 1. The van der Waals surface area contributed by atoms with Gasteiger partial charge < -0.3 is 5.32 Å². The third kappa shape index (κ3) is 5.00. The summed E-state index contributed by atoms with van der Waals surface area (Å²) in [5, 5.41) is 15.2. The maximum absolute atomic E-state index is 12.3. The van der Waals surface area contributed by atoms with Crippen molar-refractivity contribution in [1.29, 1.82) is 0 Å². The van der Waals surface area contributed by atoms with Gasteiger partial charge in [-0.15, -0.1) is 21.5 Å². The van der Waals surface area contributed by atoms with Gasteiger partial charge in [-0.1, -0.05) is 36.9 Å². The molecule has 9 heteroatoms. The van der Waals surface area contributed by atoms with Gasteiger partial charge in [0, 0.05) is 35.1 Å². The zero-order valence-electron chi connectivity index (χ0n) is 17.2. The number of rotatable bonds is 8. The fourth-order valence-electron chi connectivity index (χ4n) is 2.87. The highest BCUT2D eigenvalue weighted by Gasteiger charge is 2.18. The molecule has 0 radical (unpaired) electrons. The van der Waals surface area contributed by atoms with Crippen LogP contribution < -0.4 is 5.32 Å². The molecule has 1 amide bonds. The average molecular weight is 451 g/mol. The molecule has 0 saturated carbocycles. The van der Waals surface area contributed by atoms with Crippen molar-refractivity contribution in [3.63, 3.8) is 0 Å². The van der Waals surface area contributed by atoms with E-state index in [4.69, 9.17) is 0 Å². The first kappa shape index (κ1) is 21.2. The third-order valence-corrected chi connectivity index (χ3v) is 6.66. The van der Waals surface area contributed by atoms with Gasteiger partial charge in [0.25, 0.3) is 5.91 Å². The molecule has 1 unspecified atom stereocenters. The van der Waals surface area contributed by atoms with Gasteiger partial charge in [0.1, 0.15) is 10.7 Å². The Bertz CT molecular complexity index is 1140. The van der Waals surface area contributed by atoms with Crippen LogP contribution in [0.25, 0.3) is 17.1 Å². The van der Waals surface area contributed by atoms with Crippen LogP contribution in [0.15, 0.2) is 65.4 Å². The zero-order chi connectivity index (χ0) is 21.6. The van der Waals surface area contributed by atoms with Gasteiger partial charge >= 0.3 is 0 Å². The number of carbonyl (C=O) groups excluding carboxylic acids is 1. The molecule has 1 N–H and O–H groups in total. The van der Waals surface area contributed by atoms with E-state index in [1.165, 1.54) is 11.3 Å². The van der Waals surface area contributed by atoms with Crippen LogP contribution in [0.5, 0.6) is 0 Å². The summed E-state index contributed by atoms with van der Waals surface area (Å²) >= 11 is 3.02. The smallest absolute Gasteiger partial charge is 0.270 e. The molecule has 158 valence electrons. The van der Waals surface area contributed by atoms with Crippen molar-refractivity contribution in [1.82, 2.24) is 30.0 Å². The van der Waals surface area contributed by atoms with Crippen LogP contribution in [0.1, 0.15) is 35.8 Å². The largest absolute Gasteiger partial charge is 0.348 e. The number of nitrogens with zero attached hydrogens (tertiary/aromatic N) is 5. The van der Waals surface area contributed by atoms with Gasteiger partial charge in [0.05, 0.1) is 5.75 Å². The van der Waals surface area contributed by atoms with E-state index >= 15 is 0 Å². The second kappa shape index (κ2) is 9.84. The topological polar surface area (TPSA) is 85.6 Å². The number of benzene rings is 1. The normalized spacial score (nSPS) is 11.9. The molecule has 31 heavy (non-hydrogen) atoms. The van der Waals surface area contributed by atoms with E-state index < -0.39 is 0 Å². The Hall–Kier alpha value is -3.04. The molecule has 0 aliphatic heterocycles. The van der Waals surface area contributed by atoms with Crippen molar-refractivity contribution in [2.24, 2.45) is 0 Å². The Labute approximate surface area is 189 Å². The Kier molecular flexibility index (Phi) is 6.73. The Morgan fingerprint density at radius 2 is 1.94 bits per heavy atom. The lowest BCUT2D eigenvalue weighted by molar-refractivity contribution is 0.0935. The molecular weight excluding hydrogens is 428 g/mol. The number of carbonyl (C=O) groups is 1. The van der Waals surface area contributed by atoms with Gasteiger partial charge in [-0.05, 0) is 37.6 Å². The summed E-state index contributed by atoms with van der Waals surface area (Å²) in [6.07, 6.45) is 4.37. The predicted octanol–water partition coefficient (Wildman–Crippen LogP) is 4.61. The van der Waals surface area contributed by atoms with Crippen LogP contribution in [0.3, 0.4) is 0 Å². The van der Waals surface area contributed by atoms with Crippen LogP contribution in [-0.2, 0) is 5.75 Å². The van der Waals surface area contributed by atoms with Crippen LogP contribution in [0.2, 0.25) is 0 Å². The van der Waals surface area contributed by atoms with Gasteiger partial charge in [-0.3, -0.25) is 14.3 Å². The molecule has 0 fully saturated rings. The first-order valence-corrected chi connectivity index (χ1v) is 11.8. The van der Waals surface area contributed by atoms with Crippen LogP contribution >= 0.6 is 23.1 Å². The van der Waals surface area contributed by atoms with E-state index in [2.05, 4.69) is 25.5 Å². The highest BCUT2D eigenvalue weighted by atomic mass is 32.2. The quantitative estimate of drug-likeness (QED) is 0.395. The first-order chi connectivity index (χ1) is 15.2. The summed E-state index contributed by atoms with van der Waals surface area (Å²) < 4.78 is 2.03. The monoisotopic (exact) mass is 450 g/mol. The van der Waals surface area contributed by atoms with Gasteiger partial charge in [0.15, 0.2) is 11.0 Å². The molecule has 3 heterocycles. The summed E-state index contributed by atoms with van der Waals surface area (Å²) in [6.45, 7) is 4.02. The van der Waals surface area contributed by atoms with Crippen LogP contribution in [-0.4, -0.2) is 36.7 Å². The Balaban J connectivity index is 1.56. The van der Waals surface area contributed by atoms with Crippen molar-refractivity contribution in [3.05, 3.63) is 70.9 Å². The molecule has 4 rings (SSSR count). The lowest BCUT2D eigenvalue weighted by Crippen LogP contribution is -2.32. The first-order valence-electron chi connectivity index (χ1n) is 9.95. The maximum Gasteiger partial charge on any atom is 0.270 e. The maximum atomic E-state index is 12.3. The number of hydrogen-bond acceptors (Lipinski definition) is 7. The minimum absolute atomic E-state index is 0.128. The predicted molar refractivity (Wildman–Crippen MR) is 123 cm³/mol. The molecule has 4 aromatic rings. The van der Waals surface area contributed by atoms with Gasteiger partial charge in [-0.25, -0.2) is 4.98 Å². The standard InChI is InChI=1S/C22H22N6OS2/c1-3-15(2)24-21(29)18-13-30-19(25-18)14-31-22-27-26-20(16-9-11-23-12-10-16)28(22)17-7-5-4-6-8-17/h4-13,15H,3,14H2,1-2H3,(H,24,29). The number of pyridine rings is 1. The molecule has 3 aromatic heterocycles. The molecule has 1 atom stereocenters. The van der Waals surface area contributed by atoms with Crippen LogP contribution in [0.4, 0.5) is 0 Å². The van der Waals surface area contributed by atoms with E-state index in [1.54, 1.807) is 29.5 Å². The van der Waals surface area contributed by atoms with Crippen LogP contribution in [0, 0.1) is 0 Å². The molecule has 7 nitrogen and oxygen atoms in total. The highest BCUT2D eigenvalue weighted by molar-refractivity contribution is 7.98. The number of para-hydroxylation sites is 1. The lowest BCUT2D eigenvalue weighted by atomic mass is 10.2. The Morgan fingerprint density at radius 3 is 2.68 bits per heavy atom. The van der Waals surface area contributed by atoms with E-state index in [0.717, 1.165) is 33.7 Å². The fraction of sp³-hybridized carbons (Fsp3) is 0.227.